The van der Waals surface area contributed by atoms with Crippen LogP contribution >= 0.6 is 0 Å². The van der Waals surface area contributed by atoms with Crippen LogP contribution in [0, 0.1) is 5.95 Å². The molecule has 0 aliphatic rings. The van der Waals surface area contributed by atoms with E-state index >= 15 is 0 Å². The molecule has 0 unspecified atom stereocenters. The molecule has 0 aliphatic carbocycles. The second-order valence-electron chi connectivity index (χ2n) is 3.03. The zero-order valence-corrected chi connectivity index (χ0v) is 7.89. The van der Waals surface area contributed by atoms with E-state index in [1.54, 1.807) is 30.6 Å². The zero-order chi connectivity index (χ0) is 10.7. The Kier molecular flexibility index (Phi) is 2.69. The molecule has 76 valence electrons. The van der Waals surface area contributed by atoms with Crippen LogP contribution in [-0.2, 0) is 6.61 Å². The van der Waals surface area contributed by atoms with Gasteiger partial charge in [-0.2, -0.15) is 4.39 Å². The Morgan fingerprint density at radius 1 is 1.13 bits per heavy atom. The van der Waals surface area contributed by atoms with E-state index in [-0.39, 0.29) is 6.61 Å². The van der Waals surface area contributed by atoms with Crippen molar-refractivity contribution in [3.8, 4) is 11.1 Å². The molecule has 3 nitrogen and oxygen atoms in total. The van der Waals surface area contributed by atoms with Crippen molar-refractivity contribution in [1.82, 2.24) is 9.97 Å². The van der Waals surface area contributed by atoms with Crippen molar-refractivity contribution < 1.29 is 9.50 Å². The molecule has 2 rings (SSSR count). The fraction of sp³-hybridized carbons (Fsp3) is 0.0909. The number of rotatable bonds is 2. The Morgan fingerprint density at radius 3 is 2.53 bits per heavy atom. The smallest absolute Gasteiger partial charge is 0.221 e. The molecule has 0 saturated heterocycles. The van der Waals surface area contributed by atoms with Crippen LogP contribution in [0.15, 0.2) is 36.8 Å². The highest BCUT2D eigenvalue weighted by Crippen LogP contribution is 2.24. The molecule has 2 aromatic heterocycles. The molecule has 15 heavy (non-hydrogen) atoms. The number of pyridine rings is 2. The van der Waals surface area contributed by atoms with Crippen molar-refractivity contribution in [3.63, 3.8) is 0 Å². The number of halogens is 1. The monoisotopic (exact) mass is 204 g/mol. The van der Waals surface area contributed by atoms with Gasteiger partial charge >= 0.3 is 0 Å². The lowest BCUT2D eigenvalue weighted by atomic mass is 10.0. The normalized spacial score (nSPS) is 10.3. The summed E-state index contributed by atoms with van der Waals surface area (Å²) in [6, 6.07) is 4.96. The van der Waals surface area contributed by atoms with Crippen LogP contribution in [0.3, 0.4) is 0 Å². The molecule has 0 saturated carbocycles. The Labute approximate surface area is 86.3 Å². The van der Waals surface area contributed by atoms with E-state index in [4.69, 9.17) is 5.11 Å². The molecule has 1 N–H and O–H groups in total. The third-order valence-corrected chi connectivity index (χ3v) is 2.13. The number of aromatic nitrogens is 2. The van der Waals surface area contributed by atoms with E-state index < -0.39 is 5.95 Å². The summed E-state index contributed by atoms with van der Waals surface area (Å²) >= 11 is 0. The van der Waals surface area contributed by atoms with E-state index in [1.807, 2.05) is 0 Å². The first-order valence-electron chi connectivity index (χ1n) is 4.47. The average molecular weight is 204 g/mol. The molecule has 0 amide bonds. The highest BCUT2D eigenvalue weighted by Gasteiger charge is 2.10. The Balaban J connectivity index is 2.61. The summed E-state index contributed by atoms with van der Waals surface area (Å²) in [5.41, 5.74) is 1.52. The number of aliphatic hydroxyl groups is 1. The van der Waals surface area contributed by atoms with Crippen LogP contribution < -0.4 is 0 Å². The predicted octanol–water partition coefficient (Wildman–Crippen LogP) is 1.77. The van der Waals surface area contributed by atoms with Crippen molar-refractivity contribution in [2.75, 3.05) is 0 Å². The molecular weight excluding hydrogens is 195 g/mol. The maximum atomic E-state index is 13.5. The van der Waals surface area contributed by atoms with Gasteiger partial charge in [-0.15, -0.1) is 0 Å². The maximum Gasteiger partial charge on any atom is 0.221 e. The van der Waals surface area contributed by atoms with E-state index in [1.165, 1.54) is 6.20 Å². The van der Waals surface area contributed by atoms with Gasteiger partial charge in [-0.05, 0) is 29.3 Å². The highest BCUT2D eigenvalue weighted by molar-refractivity contribution is 5.66. The first kappa shape index (κ1) is 9.73. The van der Waals surface area contributed by atoms with Gasteiger partial charge in [0, 0.05) is 24.2 Å². The van der Waals surface area contributed by atoms with Crippen LogP contribution in [0.1, 0.15) is 5.56 Å². The molecule has 0 fully saturated rings. The number of hydrogen-bond acceptors (Lipinski definition) is 3. The van der Waals surface area contributed by atoms with Crippen LogP contribution in [0.5, 0.6) is 0 Å². The number of nitrogens with zero attached hydrogens (tertiary/aromatic N) is 2. The van der Waals surface area contributed by atoms with Crippen LogP contribution in [0.4, 0.5) is 4.39 Å². The summed E-state index contributed by atoms with van der Waals surface area (Å²) < 4.78 is 13.5. The van der Waals surface area contributed by atoms with E-state index in [9.17, 15) is 4.39 Å². The minimum Gasteiger partial charge on any atom is -0.392 e. The average Bonchev–Trinajstić information content (AvgIpc) is 2.29. The lowest BCUT2D eigenvalue weighted by Crippen LogP contribution is -1.96. The molecule has 4 heteroatoms. The fourth-order valence-electron chi connectivity index (χ4n) is 1.43. The molecule has 0 aliphatic heterocycles. The van der Waals surface area contributed by atoms with Gasteiger partial charge in [0.15, 0.2) is 0 Å². The van der Waals surface area contributed by atoms with Crippen molar-refractivity contribution in [2.45, 2.75) is 6.61 Å². The lowest BCUT2D eigenvalue weighted by Gasteiger charge is -2.07. The topological polar surface area (TPSA) is 46.0 Å². The third kappa shape index (κ3) is 1.85. The zero-order valence-electron chi connectivity index (χ0n) is 7.89. The summed E-state index contributed by atoms with van der Waals surface area (Å²) in [6.07, 6.45) is 4.48. The highest BCUT2D eigenvalue weighted by atomic mass is 19.1. The second kappa shape index (κ2) is 4.14. The van der Waals surface area contributed by atoms with Gasteiger partial charge in [-0.1, -0.05) is 0 Å². The van der Waals surface area contributed by atoms with Gasteiger partial charge in [-0.3, -0.25) is 4.98 Å². The van der Waals surface area contributed by atoms with Gasteiger partial charge in [0.05, 0.1) is 6.61 Å². The summed E-state index contributed by atoms with van der Waals surface area (Å²) in [5, 5.41) is 9.09. The van der Waals surface area contributed by atoms with Gasteiger partial charge in [0.2, 0.25) is 5.95 Å². The predicted molar refractivity (Wildman–Crippen MR) is 53.3 cm³/mol. The Morgan fingerprint density at radius 2 is 1.87 bits per heavy atom. The third-order valence-electron chi connectivity index (χ3n) is 2.13. The van der Waals surface area contributed by atoms with Gasteiger partial charge in [0.25, 0.3) is 0 Å². The number of aliphatic hydroxyl groups excluding tert-OH is 1. The first-order chi connectivity index (χ1) is 7.33. The lowest BCUT2D eigenvalue weighted by molar-refractivity contribution is 0.281. The molecule has 0 atom stereocenters. The Bertz CT molecular complexity index is 459. The van der Waals surface area contributed by atoms with E-state index in [0.29, 0.717) is 16.7 Å². The SMILES string of the molecule is OCc1ccnc(F)c1-c1ccncc1. The van der Waals surface area contributed by atoms with Gasteiger partial charge in [0.1, 0.15) is 0 Å². The molecule has 2 aromatic rings. The molecule has 0 aromatic carbocycles. The van der Waals surface area contributed by atoms with Gasteiger partial charge < -0.3 is 5.11 Å². The molecule has 0 bridgehead atoms. The van der Waals surface area contributed by atoms with Crippen molar-refractivity contribution >= 4 is 0 Å². The summed E-state index contributed by atoms with van der Waals surface area (Å²) in [7, 11) is 0. The van der Waals surface area contributed by atoms with Crippen LogP contribution in [0.25, 0.3) is 11.1 Å². The summed E-state index contributed by atoms with van der Waals surface area (Å²) in [5.74, 6) is -0.576. The van der Waals surface area contributed by atoms with Crippen LogP contribution in [-0.4, -0.2) is 15.1 Å². The van der Waals surface area contributed by atoms with Crippen molar-refractivity contribution in [1.29, 1.82) is 0 Å². The first-order valence-corrected chi connectivity index (χ1v) is 4.47. The van der Waals surface area contributed by atoms with Gasteiger partial charge in [-0.25, -0.2) is 4.98 Å². The molecular formula is C11H9FN2O. The fourth-order valence-corrected chi connectivity index (χ4v) is 1.43. The van der Waals surface area contributed by atoms with E-state index in [2.05, 4.69) is 9.97 Å². The van der Waals surface area contributed by atoms with Crippen molar-refractivity contribution in [3.05, 3.63) is 48.3 Å². The standard InChI is InChI=1S/C11H9FN2O/c12-11-10(8-1-4-13-5-2-8)9(7-15)3-6-14-11/h1-6,15H,7H2. The van der Waals surface area contributed by atoms with Crippen molar-refractivity contribution in [2.24, 2.45) is 0 Å². The molecule has 0 radical (unpaired) electrons. The van der Waals surface area contributed by atoms with E-state index in [0.717, 1.165) is 0 Å². The molecule has 2 heterocycles. The summed E-state index contributed by atoms with van der Waals surface area (Å²) in [6.45, 7) is -0.211. The second-order valence-corrected chi connectivity index (χ2v) is 3.03. The van der Waals surface area contributed by atoms with Crippen LogP contribution in [0.2, 0.25) is 0 Å². The largest absolute Gasteiger partial charge is 0.392 e. The Hall–Kier alpha value is -1.81. The summed E-state index contributed by atoms with van der Waals surface area (Å²) in [4.78, 5) is 7.42. The molecule has 0 spiro atoms. The minimum absolute atomic E-state index is 0.211. The number of hydrogen-bond donors (Lipinski definition) is 1. The maximum absolute atomic E-state index is 13.5. The quantitative estimate of drug-likeness (QED) is 0.758. The minimum atomic E-state index is -0.576.